The zero-order valence-corrected chi connectivity index (χ0v) is 19.2. The van der Waals surface area contributed by atoms with Crippen molar-refractivity contribution in [2.75, 3.05) is 6.61 Å². The van der Waals surface area contributed by atoms with Crippen LogP contribution >= 0.6 is 0 Å². The van der Waals surface area contributed by atoms with E-state index in [2.05, 4.69) is 13.8 Å². The summed E-state index contributed by atoms with van der Waals surface area (Å²) in [6, 6.07) is 15.2. The molecule has 0 aromatic heterocycles. The van der Waals surface area contributed by atoms with Crippen molar-refractivity contribution < 1.29 is 19.1 Å². The fourth-order valence-electron chi connectivity index (χ4n) is 3.31. The maximum atomic E-state index is 12.4. The Kier molecular flexibility index (Phi) is 10.8. The third-order valence-corrected chi connectivity index (χ3v) is 5.42. The molecule has 0 N–H and O–H groups in total. The highest BCUT2D eigenvalue weighted by atomic mass is 16.6. The van der Waals surface area contributed by atoms with Gasteiger partial charge in [-0.2, -0.15) is 0 Å². The fraction of sp³-hybridized carbons (Fsp3) is 0.481. The lowest BCUT2D eigenvalue weighted by atomic mass is 10.1. The second-order valence-corrected chi connectivity index (χ2v) is 7.96. The maximum Gasteiger partial charge on any atom is 0.338 e. The summed E-state index contributed by atoms with van der Waals surface area (Å²) in [6.07, 6.45) is 7.51. The summed E-state index contributed by atoms with van der Waals surface area (Å²) in [5.74, 6) is -0.672. The van der Waals surface area contributed by atoms with E-state index in [1.54, 1.807) is 0 Å². The van der Waals surface area contributed by atoms with Crippen LogP contribution in [0, 0.1) is 0 Å². The molecule has 0 amide bonds. The molecule has 0 aliphatic rings. The SMILES string of the molecule is CCCCc1ccc(C(=O)OCCC(CC)OC(=O)c2ccc(CCCC)cc2)cc1. The van der Waals surface area contributed by atoms with Gasteiger partial charge in [-0.15, -0.1) is 0 Å². The highest BCUT2D eigenvalue weighted by Gasteiger charge is 2.16. The van der Waals surface area contributed by atoms with Gasteiger partial charge in [-0.3, -0.25) is 0 Å². The lowest BCUT2D eigenvalue weighted by Gasteiger charge is -2.16. The normalized spacial score (nSPS) is 11.7. The van der Waals surface area contributed by atoms with Crippen molar-refractivity contribution in [2.24, 2.45) is 0 Å². The third kappa shape index (κ3) is 8.56. The molecule has 4 nitrogen and oxygen atoms in total. The number of esters is 2. The van der Waals surface area contributed by atoms with E-state index in [1.807, 2.05) is 55.5 Å². The predicted octanol–water partition coefficient (Wildman–Crippen LogP) is 6.55. The van der Waals surface area contributed by atoms with E-state index < -0.39 is 0 Å². The van der Waals surface area contributed by atoms with E-state index >= 15 is 0 Å². The van der Waals surface area contributed by atoms with Crippen LogP contribution in [0.15, 0.2) is 48.5 Å². The van der Waals surface area contributed by atoms with Gasteiger partial charge in [0.1, 0.15) is 6.10 Å². The van der Waals surface area contributed by atoms with E-state index in [0.717, 1.165) is 38.5 Å². The molecule has 0 bridgehead atoms. The van der Waals surface area contributed by atoms with Crippen molar-refractivity contribution in [3.05, 3.63) is 70.8 Å². The smallest absolute Gasteiger partial charge is 0.338 e. The van der Waals surface area contributed by atoms with Crippen LogP contribution in [0.4, 0.5) is 0 Å². The molecule has 0 aliphatic heterocycles. The molecular formula is C27H36O4. The fourth-order valence-corrected chi connectivity index (χ4v) is 3.31. The minimum Gasteiger partial charge on any atom is -0.462 e. The van der Waals surface area contributed by atoms with Gasteiger partial charge in [-0.1, -0.05) is 57.9 Å². The molecule has 0 saturated heterocycles. The number of aryl methyl sites for hydroxylation is 2. The van der Waals surface area contributed by atoms with Crippen LogP contribution in [0.1, 0.15) is 91.1 Å². The molecule has 0 saturated carbocycles. The number of rotatable bonds is 13. The molecule has 0 heterocycles. The number of carbonyl (C=O) groups is 2. The minimum absolute atomic E-state index is 0.220. The first-order valence-corrected chi connectivity index (χ1v) is 11.6. The highest BCUT2D eigenvalue weighted by Crippen LogP contribution is 2.13. The first-order valence-electron chi connectivity index (χ1n) is 11.6. The lowest BCUT2D eigenvalue weighted by Crippen LogP contribution is -2.20. The quantitative estimate of drug-likeness (QED) is 0.342. The summed E-state index contributed by atoms with van der Waals surface area (Å²) < 4.78 is 11.0. The molecular weight excluding hydrogens is 388 g/mol. The Morgan fingerprint density at radius 3 is 1.68 bits per heavy atom. The van der Waals surface area contributed by atoms with Gasteiger partial charge >= 0.3 is 11.9 Å². The van der Waals surface area contributed by atoms with E-state index in [1.165, 1.54) is 11.1 Å². The number of hydrogen-bond acceptors (Lipinski definition) is 4. The Hall–Kier alpha value is -2.62. The van der Waals surface area contributed by atoms with E-state index in [4.69, 9.17) is 9.47 Å². The Morgan fingerprint density at radius 2 is 1.23 bits per heavy atom. The molecule has 31 heavy (non-hydrogen) atoms. The number of unbranched alkanes of at least 4 members (excludes halogenated alkanes) is 2. The van der Waals surface area contributed by atoms with Crippen LogP contribution in [0.3, 0.4) is 0 Å². The first-order chi connectivity index (χ1) is 15.1. The maximum absolute atomic E-state index is 12.4. The van der Waals surface area contributed by atoms with Crippen molar-refractivity contribution in [3.8, 4) is 0 Å². The average molecular weight is 425 g/mol. The van der Waals surface area contributed by atoms with Gasteiger partial charge in [0.15, 0.2) is 0 Å². The number of ether oxygens (including phenoxy) is 2. The van der Waals surface area contributed by atoms with Gasteiger partial charge in [-0.05, 0) is 67.5 Å². The molecule has 0 aliphatic carbocycles. The van der Waals surface area contributed by atoms with Gasteiger partial charge in [0.05, 0.1) is 17.7 Å². The van der Waals surface area contributed by atoms with Crippen LogP contribution in [0.5, 0.6) is 0 Å². The van der Waals surface area contributed by atoms with E-state index in [-0.39, 0.29) is 24.6 Å². The second-order valence-electron chi connectivity index (χ2n) is 7.96. The van der Waals surface area contributed by atoms with Crippen LogP contribution < -0.4 is 0 Å². The standard InChI is InChI=1S/C27H36O4/c1-4-7-9-21-11-15-23(16-12-21)26(28)30-20-19-25(6-3)31-27(29)24-17-13-22(14-18-24)10-8-5-2/h11-18,25H,4-10,19-20H2,1-3H3. The molecule has 0 spiro atoms. The van der Waals surface area contributed by atoms with Gasteiger partial charge in [0.2, 0.25) is 0 Å². The molecule has 0 fully saturated rings. The number of carbonyl (C=O) groups excluding carboxylic acids is 2. The number of hydrogen-bond donors (Lipinski definition) is 0. The molecule has 1 unspecified atom stereocenters. The number of benzene rings is 2. The average Bonchev–Trinajstić information content (AvgIpc) is 2.81. The van der Waals surface area contributed by atoms with Crippen molar-refractivity contribution in [1.29, 1.82) is 0 Å². The molecule has 2 aromatic carbocycles. The Balaban J connectivity index is 1.78. The van der Waals surface area contributed by atoms with Crippen molar-refractivity contribution >= 4 is 11.9 Å². The first kappa shape index (κ1) is 24.6. The van der Waals surface area contributed by atoms with E-state index in [9.17, 15) is 9.59 Å². The monoisotopic (exact) mass is 424 g/mol. The summed E-state index contributed by atoms with van der Waals surface area (Å²) in [5.41, 5.74) is 3.57. The Bertz CT molecular complexity index is 793. The topological polar surface area (TPSA) is 52.6 Å². The summed E-state index contributed by atoms with van der Waals surface area (Å²) >= 11 is 0. The van der Waals surface area contributed by atoms with Gasteiger partial charge in [-0.25, -0.2) is 9.59 Å². The van der Waals surface area contributed by atoms with Gasteiger partial charge < -0.3 is 9.47 Å². The van der Waals surface area contributed by atoms with Gasteiger partial charge in [0, 0.05) is 6.42 Å². The highest BCUT2D eigenvalue weighted by molar-refractivity contribution is 5.90. The van der Waals surface area contributed by atoms with E-state index in [0.29, 0.717) is 24.0 Å². The van der Waals surface area contributed by atoms with Crippen LogP contribution in [0.25, 0.3) is 0 Å². The summed E-state index contributed by atoms with van der Waals surface area (Å²) in [7, 11) is 0. The molecule has 2 rings (SSSR count). The van der Waals surface area contributed by atoms with Crippen LogP contribution in [0.2, 0.25) is 0 Å². The van der Waals surface area contributed by atoms with Crippen LogP contribution in [-0.4, -0.2) is 24.6 Å². The molecule has 1 atom stereocenters. The lowest BCUT2D eigenvalue weighted by molar-refractivity contribution is 0.0177. The van der Waals surface area contributed by atoms with Crippen molar-refractivity contribution in [2.45, 2.75) is 78.2 Å². The Morgan fingerprint density at radius 1 is 0.742 bits per heavy atom. The zero-order chi connectivity index (χ0) is 22.5. The minimum atomic E-state index is -0.342. The molecule has 4 heteroatoms. The summed E-state index contributed by atoms with van der Waals surface area (Å²) in [4.78, 5) is 24.7. The molecule has 2 aromatic rings. The van der Waals surface area contributed by atoms with Crippen molar-refractivity contribution in [3.63, 3.8) is 0 Å². The van der Waals surface area contributed by atoms with Crippen molar-refractivity contribution in [1.82, 2.24) is 0 Å². The van der Waals surface area contributed by atoms with Crippen LogP contribution in [-0.2, 0) is 22.3 Å². The third-order valence-electron chi connectivity index (χ3n) is 5.42. The summed E-state index contributed by atoms with van der Waals surface area (Å²) in [6.45, 7) is 6.51. The second kappa shape index (κ2) is 13.6. The molecule has 0 radical (unpaired) electrons. The predicted molar refractivity (Wildman–Crippen MR) is 125 cm³/mol. The molecule has 168 valence electrons. The van der Waals surface area contributed by atoms with Gasteiger partial charge in [0.25, 0.3) is 0 Å². The summed E-state index contributed by atoms with van der Waals surface area (Å²) in [5, 5.41) is 0. The largest absolute Gasteiger partial charge is 0.462 e. The Labute approximate surface area is 187 Å². The zero-order valence-electron chi connectivity index (χ0n) is 19.2.